The Hall–Kier alpha value is -4.42. The van der Waals surface area contributed by atoms with Gasteiger partial charge in [0.05, 0.1) is 42.1 Å². The zero-order valence-electron chi connectivity index (χ0n) is 26.9. The first-order chi connectivity index (χ1) is 22.5. The Balaban J connectivity index is 1.43. The third-order valence-electron chi connectivity index (χ3n) is 9.53. The second-order valence-electron chi connectivity index (χ2n) is 12.9. The highest BCUT2D eigenvalue weighted by atomic mass is 28.4. The highest BCUT2D eigenvalue weighted by Gasteiger charge is 2.66. The number of fused-ring (bicyclic) bond motifs is 3. The van der Waals surface area contributed by atoms with Crippen molar-refractivity contribution in [1.82, 2.24) is 14.7 Å². The van der Waals surface area contributed by atoms with Crippen LogP contribution in [0.2, 0.25) is 18.6 Å². The normalized spacial score (nSPS) is 22.2. The molecule has 2 amide bonds. The minimum absolute atomic E-state index is 0.0734. The summed E-state index contributed by atoms with van der Waals surface area (Å²) in [6, 6.07) is 22.1. The molecule has 0 bridgehead atoms. The van der Waals surface area contributed by atoms with Crippen molar-refractivity contribution in [2.75, 3.05) is 24.6 Å². The third kappa shape index (κ3) is 5.63. The van der Waals surface area contributed by atoms with Crippen LogP contribution in [0.4, 0.5) is 5.69 Å². The van der Waals surface area contributed by atoms with Crippen molar-refractivity contribution in [3.63, 3.8) is 0 Å². The predicted molar refractivity (Wildman–Crippen MR) is 183 cm³/mol. The molecule has 0 unspecified atom stereocenters. The van der Waals surface area contributed by atoms with Crippen LogP contribution in [0.15, 0.2) is 96.4 Å². The van der Waals surface area contributed by atoms with Gasteiger partial charge in [0, 0.05) is 42.0 Å². The van der Waals surface area contributed by atoms with E-state index >= 15 is 0 Å². The zero-order chi connectivity index (χ0) is 33.5. The van der Waals surface area contributed by atoms with Crippen molar-refractivity contribution in [3.8, 4) is 5.69 Å². The summed E-state index contributed by atoms with van der Waals surface area (Å²) in [7, 11) is -3.05. The molecule has 1 saturated heterocycles. The summed E-state index contributed by atoms with van der Waals surface area (Å²) in [4.78, 5) is 56.8. The molecule has 10 nitrogen and oxygen atoms in total. The molecular formula is C36H40N4O6Si. The first kappa shape index (κ1) is 32.5. The Morgan fingerprint density at radius 2 is 1.83 bits per heavy atom. The quantitative estimate of drug-likeness (QED) is 0.195. The summed E-state index contributed by atoms with van der Waals surface area (Å²) in [5.41, 5.74) is 0.279. The predicted octanol–water partition coefficient (Wildman–Crippen LogP) is 4.13. The van der Waals surface area contributed by atoms with Gasteiger partial charge in [-0.3, -0.25) is 14.4 Å². The molecule has 4 aromatic rings. The van der Waals surface area contributed by atoms with Gasteiger partial charge in [-0.1, -0.05) is 61.5 Å². The average Bonchev–Trinajstić information content (AvgIpc) is 3.47. The molecule has 2 N–H and O–H groups in total. The molecule has 2 aliphatic rings. The zero-order valence-corrected chi connectivity index (χ0v) is 27.9. The van der Waals surface area contributed by atoms with Crippen LogP contribution < -0.4 is 10.5 Å². The number of amides is 2. The fourth-order valence-corrected chi connectivity index (χ4v) is 10.1. The summed E-state index contributed by atoms with van der Waals surface area (Å²) >= 11 is 0. The molecule has 3 heterocycles. The van der Waals surface area contributed by atoms with Crippen LogP contribution in [-0.2, 0) is 26.5 Å². The molecular weight excluding hydrogens is 613 g/mol. The maximum Gasteiger partial charge on any atom is 0.279 e. The second kappa shape index (κ2) is 12.6. The number of hydrogen-bond acceptors (Lipinski definition) is 7. The van der Waals surface area contributed by atoms with Crippen LogP contribution in [0.3, 0.4) is 0 Å². The van der Waals surface area contributed by atoms with Gasteiger partial charge in [0.25, 0.3) is 11.5 Å². The SMILES string of the molecule is C=CCN1C(=O)[C@@]2(O[C@@H](CC(=O)N(CCO)Cc3ccccc3)[C@H]([Si](C)(C)O)[C@H]2C)c2cc(-n3ncc4ccccc4c3=O)ccc21. The van der Waals surface area contributed by atoms with Crippen LogP contribution >= 0.6 is 0 Å². The van der Waals surface area contributed by atoms with Crippen molar-refractivity contribution in [2.24, 2.45) is 5.92 Å². The number of carbonyl (C=O) groups excluding carboxylic acids is 2. The van der Waals surface area contributed by atoms with E-state index in [1.165, 1.54) is 4.68 Å². The maximum absolute atomic E-state index is 14.5. The largest absolute Gasteiger partial charge is 0.432 e. The van der Waals surface area contributed by atoms with Crippen molar-refractivity contribution in [1.29, 1.82) is 0 Å². The molecule has 0 aliphatic carbocycles. The lowest BCUT2D eigenvalue weighted by Gasteiger charge is -2.32. The lowest BCUT2D eigenvalue weighted by Crippen LogP contribution is -2.46. The molecule has 1 fully saturated rings. The molecule has 244 valence electrons. The molecule has 1 spiro atoms. The number of carbonyl (C=O) groups is 2. The van der Waals surface area contributed by atoms with E-state index in [-0.39, 0.29) is 43.5 Å². The van der Waals surface area contributed by atoms with Crippen LogP contribution in [-0.4, -0.2) is 70.5 Å². The molecule has 6 rings (SSSR count). The van der Waals surface area contributed by atoms with Gasteiger partial charge in [0.1, 0.15) is 0 Å². The minimum atomic E-state index is -3.05. The lowest BCUT2D eigenvalue weighted by molar-refractivity contribution is -0.149. The van der Waals surface area contributed by atoms with Crippen molar-refractivity contribution >= 4 is 36.6 Å². The Kier molecular flexibility index (Phi) is 8.75. The van der Waals surface area contributed by atoms with Gasteiger partial charge in [-0.25, -0.2) is 0 Å². The summed E-state index contributed by atoms with van der Waals surface area (Å²) in [5, 5.41) is 15.5. The Morgan fingerprint density at radius 1 is 1.11 bits per heavy atom. The summed E-state index contributed by atoms with van der Waals surface area (Å²) in [6.07, 6.45) is 2.43. The van der Waals surface area contributed by atoms with Crippen LogP contribution in [0.25, 0.3) is 16.5 Å². The number of ether oxygens (including phenoxy) is 1. The molecule has 0 radical (unpaired) electrons. The summed E-state index contributed by atoms with van der Waals surface area (Å²) < 4.78 is 8.16. The minimum Gasteiger partial charge on any atom is -0.432 e. The number of anilines is 1. The van der Waals surface area contributed by atoms with E-state index in [0.29, 0.717) is 28.9 Å². The first-order valence-corrected chi connectivity index (χ1v) is 18.9. The molecule has 1 aromatic heterocycles. The number of aliphatic hydroxyl groups excluding tert-OH is 1. The van der Waals surface area contributed by atoms with Crippen molar-refractivity contribution in [2.45, 2.75) is 50.2 Å². The van der Waals surface area contributed by atoms with Gasteiger partial charge < -0.3 is 24.4 Å². The molecule has 0 saturated carbocycles. The van der Waals surface area contributed by atoms with E-state index in [9.17, 15) is 24.3 Å². The highest BCUT2D eigenvalue weighted by Crippen LogP contribution is 2.59. The summed E-state index contributed by atoms with van der Waals surface area (Å²) in [5.74, 6) is -1.05. The topological polar surface area (TPSA) is 125 Å². The summed E-state index contributed by atoms with van der Waals surface area (Å²) in [6.45, 7) is 9.84. The number of aromatic nitrogens is 2. The van der Waals surface area contributed by atoms with E-state index < -0.39 is 31.5 Å². The Bertz CT molecular complexity index is 1890. The van der Waals surface area contributed by atoms with Gasteiger partial charge in [-0.05, 0) is 42.9 Å². The first-order valence-electron chi connectivity index (χ1n) is 15.9. The van der Waals surface area contributed by atoms with E-state index in [2.05, 4.69) is 11.7 Å². The fourth-order valence-electron chi connectivity index (χ4n) is 7.50. The van der Waals surface area contributed by atoms with E-state index in [4.69, 9.17) is 4.74 Å². The van der Waals surface area contributed by atoms with Crippen LogP contribution in [0, 0.1) is 5.92 Å². The number of hydrogen-bond donors (Lipinski definition) is 2. The standard InChI is InChI=1S/C36H40N4O6Si/c1-5-17-39-30-16-15-27(40-34(43)28-14-10-9-13-26(28)22-37-40)20-29(30)36(35(39)44)24(2)33(47(3,4)45)31(46-36)21-32(42)38(18-19-41)23-25-11-7-6-8-12-25/h5-16,20,22,24,31,33,41,45H,1,17-19,21,23H2,2-4H3/t24-,31+,33-,36+/m1/s1. The molecule has 3 aromatic carbocycles. The van der Waals surface area contributed by atoms with Gasteiger partial charge in [0.2, 0.25) is 5.91 Å². The van der Waals surface area contributed by atoms with Crippen LogP contribution in [0.5, 0.6) is 0 Å². The Labute approximate surface area is 274 Å². The van der Waals surface area contributed by atoms with Gasteiger partial charge in [-0.15, -0.1) is 6.58 Å². The molecule has 4 atom stereocenters. The smallest absolute Gasteiger partial charge is 0.279 e. The van der Waals surface area contributed by atoms with E-state index in [0.717, 1.165) is 10.9 Å². The Morgan fingerprint density at radius 3 is 2.53 bits per heavy atom. The fraction of sp³-hybridized carbons (Fsp3) is 0.333. The molecule has 47 heavy (non-hydrogen) atoms. The molecule has 2 aliphatic heterocycles. The van der Waals surface area contributed by atoms with Crippen LogP contribution in [0.1, 0.15) is 24.5 Å². The average molecular weight is 653 g/mol. The number of nitrogens with zero attached hydrogens (tertiary/aromatic N) is 4. The van der Waals surface area contributed by atoms with Gasteiger partial charge in [-0.2, -0.15) is 9.78 Å². The molecule has 11 heteroatoms. The lowest BCUT2D eigenvalue weighted by atomic mass is 9.82. The van der Waals surface area contributed by atoms with Crippen molar-refractivity contribution in [3.05, 3.63) is 113 Å². The highest BCUT2D eigenvalue weighted by molar-refractivity contribution is 6.71. The number of benzene rings is 3. The number of rotatable bonds is 10. The number of aliphatic hydroxyl groups is 1. The monoisotopic (exact) mass is 652 g/mol. The van der Waals surface area contributed by atoms with Crippen molar-refractivity contribution < 1.29 is 24.2 Å². The van der Waals surface area contributed by atoms with Gasteiger partial charge in [0.15, 0.2) is 13.9 Å². The van der Waals surface area contributed by atoms with Gasteiger partial charge >= 0.3 is 0 Å². The second-order valence-corrected chi connectivity index (χ2v) is 16.9. The maximum atomic E-state index is 14.5. The third-order valence-corrected chi connectivity index (χ3v) is 12.0. The van der Waals surface area contributed by atoms with E-state index in [1.54, 1.807) is 65.5 Å². The van der Waals surface area contributed by atoms with E-state index in [1.807, 2.05) is 49.4 Å².